The van der Waals surface area contributed by atoms with Crippen molar-refractivity contribution in [3.8, 4) is 0 Å². The van der Waals surface area contributed by atoms with E-state index in [9.17, 15) is 13.2 Å². The number of aryl methyl sites for hydroxylation is 1. The Kier molecular flexibility index (Phi) is 4.67. The van der Waals surface area contributed by atoms with Gasteiger partial charge in [0.25, 0.3) is 0 Å². The largest absolute Gasteiger partial charge is 0.433 e. The highest BCUT2D eigenvalue weighted by Gasteiger charge is 2.32. The van der Waals surface area contributed by atoms with Crippen LogP contribution in [0.1, 0.15) is 25.2 Å². The molecule has 2 aromatic rings. The predicted octanol–water partition coefficient (Wildman–Crippen LogP) is 4.75. The molecule has 2 nitrogen and oxygen atoms in total. The molecular formula is C12H12BrF3N2. The van der Waals surface area contributed by atoms with E-state index in [0.29, 0.717) is 15.6 Å². The van der Waals surface area contributed by atoms with Crippen molar-refractivity contribution < 1.29 is 13.2 Å². The van der Waals surface area contributed by atoms with Crippen molar-refractivity contribution in [1.29, 1.82) is 0 Å². The third kappa shape index (κ3) is 2.98. The quantitative estimate of drug-likeness (QED) is 0.700. The second-order valence-corrected chi connectivity index (χ2v) is 4.14. The Morgan fingerprint density at radius 3 is 2.33 bits per heavy atom. The number of fused-ring (bicyclic) bond motifs is 1. The summed E-state index contributed by atoms with van der Waals surface area (Å²) in [7, 11) is 0. The first-order valence-electron chi connectivity index (χ1n) is 5.38. The SMILES string of the molecule is CC.Cc1ncc(Br)c2nc(C(F)(F)F)ccc12. The Balaban J connectivity index is 0.000000771. The monoisotopic (exact) mass is 320 g/mol. The Morgan fingerprint density at radius 2 is 1.78 bits per heavy atom. The molecule has 0 saturated heterocycles. The smallest absolute Gasteiger partial charge is 0.260 e. The first kappa shape index (κ1) is 14.9. The summed E-state index contributed by atoms with van der Waals surface area (Å²) in [6, 6.07) is 2.35. The number of rotatable bonds is 0. The van der Waals surface area contributed by atoms with Crippen LogP contribution in [0, 0.1) is 6.92 Å². The van der Waals surface area contributed by atoms with E-state index >= 15 is 0 Å². The van der Waals surface area contributed by atoms with E-state index < -0.39 is 11.9 Å². The van der Waals surface area contributed by atoms with Crippen LogP contribution in [0.4, 0.5) is 13.2 Å². The van der Waals surface area contributed by atoms with Crippen LogP contribution in [0.5, 0.6) is 0 Å². The number of halogens is 4. The van der Waals surface area contributed by atoms with Gasteiger partial charge < -0.3 is 0 Å². The van der Waals surface area contributed by atoms with Crippen LogP contribution in [0.15, 0.2) is 22.8 Å². The van der Waals surface area contributed by atoms with Crippen molar-refractivity contribution >= 4 is 26.8 Å². The second kappa shape index (κ2) is 5.65. The van der Waals surface area contributed by atoms with Crippen LogP contribution in [0.2, 0.25) is 0 Å². The van der Waals surface area contributed by atoms with Crippen LogP contribution in [-0.4, -0.2) is 9.97 Å². The molecular weight excluding hydrogens is 309 g/mol. The minimum Gasteiger partial charge on any atom is -0.260 e. The molecule has 0 bridgehead atoms. The van der Waals surface area contributed by atoms with Crippen molar-refractivity contribution in [2.24, 2.45) is 0 Å². The number of nitrogens with zero attached hydrogens (tertiary/aromatic N) is 2. The van der Waals surface area contributed by atoms with Gasteiger partial charge >= 0.3 is 6.18 Å². The van der Waals surface area contributed by atoms with Crippen LogP contribution >= 0.6 is 15.9 Å². The lowest BCUT2D eigenvalue weighted by Gasteiger charge is -2.08. The Morgan fingerprint density at radius 1 is 1.17 bits per heavy atom. The molecule has 6 heteroatoms. The number of pyridine rings is 2. The summed E-state index contributed by atoms with van der Waals surface area (Å²) in [5, 5.41) is 0.613. The Hall–Kier alpha value is -1.17. The topological polar surface area (TPSA) is 25.8 Å². The average molecular weight is 321 g/mol. The summed E-state index contributed by atoms with van der Waals surface area (Å²) >= 11 is 3.14. The fourth-order valence-corrected chi connectivity index (χ4v) is 1.78. The van der Waals surface area contributed by atoms with Crippen LogP contribution in [-0.2, 0) is 6.18 Å². The maximum absolute atomic E-state index is 12.5. The first-order valence-corrected chi connectivity index (χ1v) is 6.18. The third-order valence-corrected chi connectivity index (χ3v) is 2.75. The Labute approximate surface area is 111 Å². The zero-order chi connectivity index (χ0) is 13.9. The highest BCUT2D eigenvalue weighted by atomic mass is 79.9. The first-order chi connectivity index (χ1) is 8.39. The van der Waals surface area contributed by atoms with E-state index in [0.717, 1.165) is 6.07 Å². The van der Waals surface area contributed by atoms with Gasteiger partial charge in [-0.2, -0.15) is 13.2 Å². The molecule has 0 atom stereocenters. The van der Waals surface area contributed by atoms with E-state index in [1.807, 2.05) is 13.8 Å². The number of hydrogen-bond acceptors (Lipinski definition) is 2. The third-order valence-electron chi connectivity index (χ3n) is 2.17. The number of hydrogen-bond donors (Lipinski definition) is 0. The van der Waals surface area contributed by atoms with Gasteiger partial charge in [0.1, 0.15) is 5.69 Å². The molecule has 2 aromatic heterocycles. The molecule has 0 N–H and O–H groups in total. The van der Waals surface area contributed by atoms with Gasteiger partial charge in [0, 0.05) is 17.3 Å². The summed E-state index contributed by atoms with van der Waals surface area (Å²) in [6.45, 7) is 5.73. The molecule has 0 fully saturated rings. The fourth-order valence-electron chi connectivity index (χ4n) is 1.38. The van der Waals surface area contributed by atoms with Gasteiger partial charge in [-0.15, -0.1) is 0 Å². The number of alkyl halides is 3. The van der Waals surface area contributed by atoms with Gasteiger partial charge in [-0.05, 0) is 35.0 Å². The number of aromatic nitrogens is 2. The van der Waals surface area contributed by atoms with Crippen molar-refractivity contribution in [3.05, 3.63) is 34.2 Å². The molecule has 0 aromatic carbocycles. The van der Waals surface area contributed by atoms with Crippen molar-refractivity contribution in [3.63, 3.8) is 0 Å². The van der Waals surface area contributed by atoms with E-state index in [1.165, 1.54) is 12.3 Å². The lowest BCUT2D eigenvalue weighted by Crippen LogP contribution is -2.08. The van der Waals surface area contributed by atoms with Gasteiger partial charge in [0.05, 0.1) is 9.99 Å². The molecule has 18 heavy (non-hydrogen) atoms. The van der Waals surface area contributed by atoms with E-state index in [4.69, 9.17) is 0 Å². The normalized spacial score (nSPS) is 11.1. The van der Waals surface area contributed by atoms with E-state index in [1.54, 1.807) is 6.92 Å². The molecule has 0 amide bonds. The van der Waals surface area contributed by atoms with Crippen LogP contribution in [0.3, 0.4) is 0 Å². The fraction of sp³-hybridized carbons (Fsp3) is 0.333. The van der Waals surface area contributed by atoms with Crippen molar-refractivity contribution in [2.45, 2.75) is 26.9 Å². The molecule has 0 radical (unpaired) electrons. The summed E-state index contributed by atoms with van der Waals surface area (Å²) < 4.78 is 37.8. The molecule has 2 heterocycles. The van der Waals surface area contributed by atoms with Gasteiger partial charge in [-0.3, -0.25) is 4.98 Å². The Bertz CT molecular complexity index is 553. The zero-order valence-corrected chi connectivity index (χ0v) is 11.7. The summed E-state index contributed by atoms with van der Waals surface area (Å²) in [6.07, 6.45) is -2.98. The molecule has 2 rings (SSSR count). The highest BCUT2D eigenvalue weighted by molar-refractivity contribution is 9.10. The molecule has 98 valence electrons. The molecule has 0 aliphatic rings. The van der Waals surface area contributed by atoms with Crippen molar-refractivity contribution in [2.75, 3.05) is 0 Å². The van der Waals surface area contributed by atoms with Crippen LogP contribution in [0.25, 0.3) is 10.9 Å². The predicted molar refractivity (Wildman–Crippen MR) is 68.3 cm³/mol. The molecule has 0 unspecified atom stereocenters. The summed E-state index contributed by atoms with van der Waals surface area (Å²) in [5.41, 5.74) is 0.0352. The van der Waals surface area contributed by atoms with Gasteiger partial charge in [-0.1, -0.05) is 13.8 Å². The highest BCUT2D eigenvalue weighted by Crippen LogP contribution is 2.31. The average Bonchev–Trinajstić information content (AvgIpc) is 2.35. The molecule has 0 aliphatic carbocycles. The van der Waals surface area contributed by atoms with Gasteiger partial charge in [-0.25, -0.2) is 4.98 Å². The van der Waals surface area contributed by atoms with E-state index in [-0.39, 0.29) is 5.52 Å². The van der Waals surface area contributed by atoms with E-state index in [2.05, 4.69) is 25.9 Å². The maximum atomic E-state index is 12.5. The molecule has 0 aliphatic heterocycles. The maximum Gasteiger partial charge on any atom is 0.433 e. The van der Waals surface area contributed by atoms with Gasteiger partial charge in [0.15, 0.2) is 0 Å². The van der Waals surface area contributed by atoms with Gasteiger partial charge in [0.2, 0.25) is 0 Å². The minimum atomic E-state index is -4.43. The van der Waals surface area contributed by atoms with Crippen molar-refractivity contribution in [1.82, 2.24) is 9.97 Å². The molecule has 0 saturated carbocycles. The summed E-state index contributed by atoms with van der Waals surface area (Å²) in [5.74, 6) is 0. The lowest BCUT2D eigenvalue weighted by atomic mass is 10.2. The molecule has 0 spiro atoms. The van der Waals surface area contributed by atoms with Crippen LogP contribution < -0.4 is 0 Å². The zero-order valence-electron chi connectivity index (χ0n) is 10.1. The summed E-state index contributed by atoms with van der Waals surface area (Å²) in [4.78, 5) is 7.63. The lowest BCUT2D eigenvalue weighted by molar-refractivity contribution is -0.140. The minimum absolute atomic E-state index is 0.280. The standard InChI is InChI=1S/C10H6BrF3N2.C2H6/c1-5-6-2-3-8(10(12,13)14)16-9(6)7(11)4-15-5;1-2/h2-4H,1H3;1-2H3. The second-order valence-electron chi connectivity index (χ2n) is 3.28.